The van der Waals surface area contributed by atoms with Crippen LogP contribution in [0.5, 0.6) is 0 Å². The first-order valence-corrected chi connectivity index (χ1v) is 5.54. The molecule has 1 aliphatic rings. The van der Waals surface area contributed by atoms with E-state index in [2.05, 4.69) is 19.9 Å². The van der Waals surface area contributed by atoms with Gasteiger partial charge < -0.3 is 10.6 Å². The normalized spacial score (nSPS) is 23.2. The zero-order valence-corrected chi connectivity index (χ0v) is 9.27. The summed E-state index contributed by atoms with van der Waals surface area (Å²) in [4.78, 5) is 14.7. The van der Waals surface area contributed by atoms with E-state index < -0.39 is 0 Å². The summed E-state index contributed by atoms with van der Waals surface area (Å²) >= 11 is 0. The van der Waals surface area contributed by atoms with Gasteiger partial charge in [-0.15, -0.1) is 0 Å². The van der Waals surface area contributed by atoms with Crippen LogP contribution < -0.4 is 10.6 Å². The highest BCUT2D eigenvalue weighted by molar-refractivity contribution is 5.50. The number of nitrogens with zero attached hydrogens (tertiary/aromatic N) is 4. The first-order valence-electron chi connectivity index (χ1n) is 5.54. The molecule has 0 aromatic carbocycles. The first-order chi connectivity index (χ1) is 8.36. The number of nitrogens with two attached hydrogens (primary N) is 1. The maximum absolute atomic E-state index is 6.05. The minimum Gasteiger partial charge on any atom is -0.358 e. The molecule has 0 bridgehead atoms. The minimum absolute atomic E-state index is 0.104. The lowest BCUT2D eigenvalue weighted by Gasteiger charge is -2.47. The molecular weight excluding hydrogens is 214 g/mol. The molecule has 0 amide bonds. The summed E-state index contributed by atoms with van der Waals surface area (Å²) in [5, 5.41) is 0. The third-order valence-electron chi connectivity index (χ3n) is 3.01. The van der Waals surface area contributed by atoms with Crippen LogP contribution in [0.4, 0.5) is 5.69 Å². The van der Waals surface area contributed by atoms with Gasteiger partial charge >= 0.3 is 0 Å². The SMILES string of the molecule is NC1CN(c2cccnc2)C1c1cnccn1. The standard InChI is InChI=1S/C12H13N5/c13-10-8-17(9-2-1-3-14-6-9)12(10)11-7-15-4-5-16-11/h1-7,10,12H,8,13H2. The molecule has 1 saturated heterocycles. The van der Waals surface area contributed by atoms with Crippen molar-refractivity contribution >= 4 is 5.69 Å². The lowest BCUT2D eigenvalue weighted by atomic mass is 9.93. The molecule has 0 saturated carbocycles. The van der Waals surface area contributed by atoms with Gasteiger partial charge in [0, 0.05) is 31.2 Å². The van der Waals surface area contributed by atoms with Crippen molar-refractivity contribution in [2.75, 3.05) is 11.4 Å². The molecule has 1 fully saturated rings. The van der Waals surface area contributed by atoms with Crippen molar-refractivity contribution in [2.24, 2.45) is 5.73 Å². The van der Waals surface area contributed by atoms with Crippen molar-refractivity contribution in [2.45, 2.75) is 12.1 Å². The molecule has 2 aromatic heterocycles. The Morgan fingerprint density at radius 1 is 1.18 bits per heavy atom. The number of aromatic nitrogens is 3. The quantitative estimate of drug-likeness (QED) is 0.820. The molecular formula is C12H13N5. The summed E-state index contributed by atoms with van der Waals surface area (Å²) in [6.07, 6.45) is 8.74. The van der Waals surface area contributed by atoms with E-state index in [9.17, 15) is 0 Å². The molecule has 1 aliphatic heterocycles. The Balaban J connectivity index is 1.89. The van der Waals surface area contributed by atoms with Gasteiger partial charge in [0.25, 0.3) is 0 Å². The molecule has 86 valence electrons. The van der Waals surface area contributed by atoms with E-state index in [0.29, 0.717) is 0 Å². The fourth-order valence-electron chi connectivity index (χ4n) is 2.17. The third-order valence-corrected chi connectivity index (χ3v) is 3.01. The lowest BCUT2D eigenvalue weighted by Crippen LogP contribution is -2.58. The van der Waals surface area contributed by atoms with Gasteiger partial charge in [0.05, 0.1) is 29.8 Å². The van der Waals surface area contributed by atoms with E-state index in [4.69, 9.17) is 5.73 Å². The molecule has 0 aliphatic carbocycles. The van der Waals surface area contributed by atoms with Gasteiger partial charge in [-0.3, -0.25) is 15.0 Å². The summed E-state index contributed by atoms with van der Waals surface area (Å²) in [5.74, 6) is 0. The largest absolute Gasteiger partial charge is 0.358 e. The van der Waals surface area contributed by atoms with E-state index in [-0.39, 0.29) is 12.1 Å². The zero-order chi connectivity index (χ0) is 11.7. The van der Waals surface area contributed by atoms with Crippen molar-refractivity contribution in [1.29, 1.82) is 0 Å². The molecule has 2 unspecified atom stereocenters. The first kappa shape index (κ1) is 10.2. The second-order valence-corrected chi connectivity index (χ2v) is 4.10. The molecule has 2 N–H and O–H groups in total. The number of hydrogen-bond acceptors (Lipinski definition) is 5. The summed E-state index contributed by atoms with van der Waals surface area (Å²) in [7, 11) is 0. The Bertz CT molecular complexity index is 487. The van der Waals surface area contributed by atoms with Crippen LogP contribution in [0.15, 0.2) is 43.1 Å². The molecule has 2 aromatic rings. The van der Waals surface area contributed by atoms with Crippen molar-refractivity contribution in [1.82, 2.24) is 15.0 Å². The van der Waals surface area contributed by atoms with Crippen LogP contribution in [-0.4, -0.2) is 27.5 Å². The summed E-state index contributed by atoms with van der Waals surface area (Å²) < 4.78 is 0. The van der Waals surface area contributed by atoms with Crippen LogP contribution in [0.2, 0.25) is 0 Å². The van der Waals surface area contributed by atoms with Gasteiger partial charge in [-0.2, -0.15) is 0 Å². The second kappa shape index (κ2) is 4.10. The fraction of sp³-hybridized carbons (Fsp3) is 0.250. The van der Waals surface area contributed by atoms with Gasteiger partial charge in [-0.05, 0) is 12.1 Å². The van der Waals surface area contributed by atoms with E-state index >= 15 is 0 Å². The Hall–Kier alpha value is -2.01. The highest BCUT2D eigenvalue weighted by atomic mass is 15.3. The second-order valence-electron chi connectivity index (χ2n) is 4.10. The Kier molecular flexibility index (Phi) is 2.45. The minimum atomic E-state index is 0.104. The van der Waals surface area contributed by atoms with Gasteiger partial charge in [0.2, 0.25) is 0 Å². The van der Waals surface area contributed by atoms with Crippen molar-refractivity contribution in [3.05, 3.63) is 48.8 Å². The van der Waals surface area contributed by atoms with Crippen molar-refractivity contribution < 1.29 is 0 Å². The molecule has 3 rings (SSSR count). The van der Waals surface area contributed by atoms with Crippen molar-refractivity contribution in [3.63, 3.8) is 0 Å². The molecule has 17 heavy (non-hydrogen) atoms. The van der Waals surface area contributed by atoms with Crippen molar-refractivity contribution in [3.8, 4) is 0 Å². The number of anilines is 1. The Morgan fingerprint density at radius 3 is 2.71 bits per heavy atom. The summed E-state index contributed by atoms with van der Waals surface area (Å²) in [6, 6.07) is 4.16. The molecule has 2 atom stereocenters. The maximum atomic E-state index is 6.05. The number of hydrogen-bond donors (Lipinski definition) is 1. The molecule has 0 radical (unpaired) electrons. The van der Waals surface area contributed by atoms with Crippen LogP contribution in [0.3, 0.4) is 0 Å². The number of pyridine rings is 1. The smallest absolute Gasteiger partial charge is 0.0898 e. The predicted octanol–water partition coefficient (Wildman–Crippen LogP) is 0.760. The van der Waals surface area contributed by atoms with E-state index in [1.165, 1.54) is 0 Å². The molecule has 3 heterocycles. The summed E-state index contributed by atoms with van der Waals surface area (Å²) in [5.41, 5.74) is 8.04. The molecule has 5 nitrogen and oxygen atoms in total. The van der Waals surface area contributed by atoms with Gasteiger partial charge in [0.15, 0.2) is 0 Å². The van der Waals surface area contributed by atoms with Gasteiger partial charge in [-0.25, -0.2) is 0 Å². The molecule has 0 spiro atoms. The monoisotopic (exact) mass is 227 g/mol. The topological polar surface area (TPSA) is 67.9 Å². The van der Waals surface area contributed by atoms with E-state index in [1.54, 1.807) is 24.8 Å². The van der Waals surface area contributed by atoms with Crippen LogP contribution in [-0.2, 0) is 0 Å². The lowest BCUT2D eigenvalue weighted by molar-refractivity contribution is 0.382. The summed E-state index contributed by atoms with van der Waals surface area (Å²) in [6.45, 7) is 0.826. The zero-order valence-electron chi connectivity index (χ0n) is 9.27. The van der Waals surface area contributed by atoms with E-state index in [1.807, 2.05) is 18.3 Å². The average molecular weight is 227 g/mol. The number of rotatable bonds is 2. The van der Waals surface area contributed by atoms with Gasteiger partial charge in [0.1, 0.15) is 0 Å². The van der Waals surface area contributed by atoms with Crippen LogP contribution in [0, 0.1) is 0 Å². The maximum Gasteiger partial charge on any atom is 0.0898 e. The van der Waals surface area contributed by atoms with Crippen LogP contribution in [0.1, 0.15) is 11.7 Å². The van der Waals surface area contributed by atoms with Crippen LogP contribution >= 0.6 is 0 Å². The van der Waals surface area contributed by atoms with Crippen LogP contribution in [0.25, 0.3) is 0 Å². The Morgan fingerprint density at radius 2 is 2.06 bits per heavy atom. The van der Waals surface area contributed by atoms with E-state index in [0.717, 1.165) is 17.9 Å². The predicted molar refractivity (Wildman–Crippen MR) is 64.3 cm³/mol. The van der Waals surface area contributed by atoms with Gasteiger partial charge in [-0.1, -0.05) is 0 Å². The molecule has 5 heteroatoms. The Labute approximate surface area is 99.3 Å². The fourth-order valence-corrected chi connectivity index (χ4v) is 2.17. The average Bonchev–Trinajstić information content (AvgIpc) is 2.38. The third kappa shape index (κ3) is 1.74. The highest BCUT2D eigenvalue weighted by Gasteiger charge is 2.38. The highest BCUT2D eigenvalue weighted by Crippen LogP contribution is 2.35.